The van der Waals surface area contributed by atoms with Crippen molar-refractivity contribution in [2.45, 2.75) is 0 Å². The molecule has 0 radical (unpaired) electrons. The highest BCUT2D eigenvalue weighted by molar-refractivity contribution is 6.13. The van der Waals surface area contributed by atoms with Gasteiger partial charge in [0, 0.05) is 44.2 Å². The lowest BCUT2D eigenvalue weighted by Gasteiger charge is -2.28. The number of rotatable bonds is 6. The summed E-state index contributed by atoms with van der Waals surface area (Å²) < 4.78 is 152. The molecule has 11 aromatic rings. The lowest BCUT2D eigenvalue weighted by Crippen LogP contribution is -2.11. The van der Waals surface area contributed by atoms with Crippen molar-refractivity contribution in [2.24, 2.45) is 0 Å². The van der Waals surface area contributed by atoms with Gasteiger partial charge in [0.2, 0.25) is 0 Å². The van der Waals surface area contributed by atoms with Crippen molar-refractivity contribution >= 4 is 71.6 Å². The van der Waals surface area contributed by atoms with Crippen LogP contribution in [0.3, 0.4) is 0 Å². The van der Waals surface area contributed by atoms with Crippen LogP contribution in [0.2, 0.25) is 0 Å². The Morgan fingerprint density at radius 1 is 0.455 bits per heavy atom. The molecule has 0 fully saturated rings. The first-order chi connectivity index (χ1) is 34.0. The highest BCUT2D eigenvalue weighted by Crippen LogP contribution is 2.47. The van der Waals surface area contributed by atoms with Crippen LogP contribution in [0.1, 0.15) is 21.9 Å². The van der Waals surface area contributed by atoms with Crippen molar-refractivity contribution in [1.82, 2.24) is 4.57 Å². The minimum absolute atomic E-state index is 0.0331. The molecule has 55 heavy (non-hydrogen) atoms. The van der Waals surface area contributed by atoms with Crippen molar-refractivity contribution in [3.8, 4) is 27.9 Å². The second-order valence-corrected chi connectivity index (χ2v) is 12.9. The van der Waals surface area contributed by atoms with Crippen molar-refractivity contribution in [3.63, 3.8) is 0 Å². The van der Waals surface area contributed by atoms with Crippen LogP contribution in [0.5, 0.6) is 0 Å². The summed E-state index contributed by atoms with van der Waals surface area (Å²) >= 11 is 0. The molecule has 0 amide bonds. The summed E-state index contributed by atoms with van der Waals surface area (Å²) in [6.07, 6.45) is 0. The first-order valence-electron chi connectivity index (χ1n) is 25.5. The quantitative estimate of drug-likeness (QED) is 0.171. The maximum absolute atomic E-state index is 9.70. The summed E-state index contributed by atoms with van der Waals surface area (Å²) in [5.41, 5.74) is 2.00. The number of benzene rings is 9. The Hall–Kier alpha value is -7.36. The Bertz CT molecular complexity index is 4040. The maximum atomic E-state index is 9.70. The number of anilines is 3. The van der Waals surface area contributed by atoms with E-state index in [1.54, 1.807) is 24.3 Å². The van der Waals surface area contributed by atoms with Crippen LogP contribution >= 0.6 is 0 Å². The van der Waals surface area contributed by atoms with E-state index in [2.05, 4.69) is 16.7 Å². The van der Waals surface area contributed by atoms with Gasteiger partial charge in [0.1, 0.15) is 11.2 Å². The second-order valence-electron chi connectivity index (χ2n) is 12.9. The van der Waals surface area contributed by atoms with Gasteiger partial charge < -0.3 is 13.9 Å². The zero-order valence-electron chi connectivity index (χ0n) is 44.7. The topological polar surface area (TPSA) is 21.3 Å². The molecule has 3 heteroatoms. The predicted molar refractivity (Wildman–Crippen MR) is 231 cm³/mol. The number of hydrogen-bond donors (Lipinski definition) is 0. The standard InChI is InChI=1S/C52H34N2O/c1-2-14-40(15-3-1)53(41-28-24-36(25-29-41)39-23-22-35-12-4-5-13-38(35)34-39)49-33-32-46-45-18-8-11-21-50(45)55-52(46)51(49)37-26-30-42(31-27-37)54-47-19-9-6-16-43(47)44-17-7-10-20-48(44)54/h1-34H/i1D,2D,3D,4D,5D,12D,13D,14D,15D,22D,23D,24D,25D,28D,29D,34D. The van der Waals surface area contributed by atoms with Gasteiger partial charge in [-0.15, -0.1) is 0 Å². The van der Waals surface area contributed by atoms with E-state index >= 15 is 0 Å². The predicted octanol–water partition coefficient (Wildman–Crippen LogP) is 14.6. The van der Waals surface area contributed by atoms with Gasteiger partial charge in [-0.2, -0.15) is 0 Å². The molecular formula is C52H34N2O. The molecule has 258 valence electrons. The molecule has 0 aliphatic rings. The minimum Gasteiger partial charge on any atom is -0.455 e. The zero-order chi connectivity index (χ0) is 50.2. The van der Waals surface area contributed by atoms with Crippen LogP contribution in [-0.4, -0.2) is 4.57 Å². The van der Waals surface area contributed by atoms with Crippen molar-refractivity contribution in [2.75, 3.05) is 4.90 Å². The summed E-state index contributed by atoms with van der Waals surface area (Å²) in [6.45, 7) is 0. The van der Waals surface area contributed by atoms with Gasteiger partial charge in [-0.3, -0.25) is 0 Å². The maximum Gasteiger partial charge on any atom is 0.145 e. The van der Waals surface area contributed by atoms with Crippen LogP contribution in [0.25, 0.3) is 82.5 Å². The molecular weight excluding hydrogens is 669 g/mol. The normalized spacial score (nSPS) is 15.7. The molecule has 3 nitrogen and oxygen atoms in total. The number of hydrogen-bond acceptors (Lipinski definition) is 2. The second kappa shape index (κ2) is 12.6. The monoisotopic (exact) mass is 718 g/mol. The molecule has 0 aliphatic carbocycles. The van der Waals surface area contributed by atoms with Gasteiger partial charge in [0.25, 0.3) is 0 Å². The van der Waals surface area contributed by atoms with Gasteiger partial charge in [0.15, 0.2) is 0 Å². The fourth-order valence-corrected chi connectivity index (χ4v) is 7.38. The SMILES string of the molecule is [2H]c1c([2H])c([2H])c(N(c2ccc3c(oc4ccccc43)c2-c2ccc(-n3c4ccccc4c4ccccc43)cc2)c2c([2H])c([2H])c(-c3c([2H])c([2H])c4c([2H])c([2H])c([2H])c([2H])c4c3[2H])c([2H])c2[2H])c([2H])c1[2H]. The van der Waals surface area contributed by atoms with E-state index in [1.807, 2.05) is 72.8 Å². The summed E-state index contributed by atoms with van der Waals surface area (Å²) in [4.78, 5) is 1.09. The average molecular weight is 719 g/mol. The highest BCUT2D eigenvalue weighted by Gasteiger charge is 2.23. The summed E-state index contributed by atoms with van der Waals surface area (Å²) in [5.74, 6) is 0. The molecule has 0 N–H and O–H groups in total. The van der Waals surface area contributed by atoms with E-state index < -0.39 is 130 Å². The molecule has 0 spiro atoms. The molecule has 0 aliphatic heterocycles. The third-order valence-corrected chi connectivity index (χ3v) is 9.81. The number of nitrogens with zero attached hydrogens (tertiary/aromatic N) is 2. The molecule has 2 heterocycles. The molecule has 0 saturated carbocycles. The van der Waals surface area contributed by atoms with Crippen LogP contribution in [0.15, 0.2) is 210 Å². The van der Waals surface area contributed by atoms with E-state index in [0.717, 1.165) is 37.8 Å². The Morgan fingerprint density at radius 3 is 1.82 bits per heavy atom. The highest BCUT2D eigenvalue weighted by atomic mass is 16.3. The van der Waals surface area contributed by atoms with Gasteiger partial charge in [-0.25, -0.2) is 0 Å². The lowest BCUT2D eigenvalue weighted by molar-refractivity contribution is 0.670. The third kappa shape index (κ3) is 5.13. The molecule has 2 aromatic heterocycles. The van der Waals surface area contributed by atoms with Crippen molar-refractivity contribution < 1.29 is 26.3 Å². The van der Waals surface area contributed by atoms with Gasteiger partial charge >= 0.3 is 0 Å². The Morgan fingerprint density at radius 2 is 1.07 bits per heavy atom. The van der Waals surface area contributed by atoms with E-state index in [0.29, 0.717) is 27.7 Å². The van der Waals surface area contributed by atoms with E-state index in [9.17, 15) is 9.60 Å². The fraction of sp³-hybridized carbons (Fsp3) is 0. The first-order valence-corrected chi connectivity index (χ1v) is 17.5. The van der Waals surface area contributed by atoms with Gasteiger partial charge in [-0.05, 0) is 100 Å². The molecule has 0 bridgehead atoms. The van der Waals surface area contributed by atoms with E-state index in [4.69, 9.17) is 16.8 Å². The fourth-order valence-electron chi connectivity index (χ4n) is 7.38. The Labute approximate surface area is 341 Å². The molecule has 0 saturated heterocycles. The smallest absolute Gasteiger partial charge is 0.145 e. The number of para-hydroxylation sites is 4. The molecule has 9 aromatic carbocycles. The van der Waals surface area contributed by atoms with Crippen LogP contribution in [0, 0.1) is 0 Å². The van der Waals surface area contributed by atoms with Gasteiger partial charge in [0.05, 0.1) is 38.7 Å². The summed E-state index contributed by atoms with van der Waals surface area (Å²) in [7, 11) is 0. The average Bonchev–Trinajstić information content (AvgIpc) is 3.93. The largest absolute Gasteiger partial charge is 0.455 e. The van der Waals surface area contributed by atoms with E-state index in [1.165, 1.54) is 0 Å². The van der Waals surface area contributed by atoms with Gasteiger partial charge in [-0.1, -0.05) is 133 Å². The lowest BCUT2D eigenvalue weighted by atomic mass is 9.97. The molecule has 0 atom stereocenters. The van der Waals surface area contributed by atoms with Crippen LogP contribution < -0.4 is 4.90 Å². The number of fused-ring (bicyclic) bond motifs is 7. The minimum atomic E-state index is -0.846. The van der Waals surface area contributed by atoms with Crippen LogP contribution in [-0.2, 0) is 0 Å². The zero-order valence-corrected chi connectivity index (χ0v) is 28.7. The summed E-state index contributed by atoms with van der Waals surface area (Å²) in [5, 5.41) is 2.58. The molecule has 11 rings (SSSR count). The summed E-state index contributed by atoms with van der Waals surface area (Å²) in [6, 6.07) is 22.0. The Kier molecular flexibility index (Phi) is 4.39. The van der Waals surface area contributed by atoms with Crippen molar-refractivity contribution in [3.05, 3.63) is 206 Å². The van der Waals surface area contributed by atoms with Crippen molar-refractivity contribution in [1.29, 1.82) is 0 Å². The number of furan rings is 1. The van der Waals surface area contributed by atoms with Crippen LogP contribution in [0.4, 0.5) is 17.1 Å². The number of aromatic nitrogens is 1. The first kappa shape index (κ1) is 19.1. The molecule has 0 unspecified atom stereocenters. The third-order valence-electron chi connectivity index (χ3n) is 9.81. The Balaban J connectivity index is 1.23. The van der Waals surface area contributed by atoms with E-state index in [-0.39, 0.29) is 5.69 Å².